The summed E-state index contributed by atoms with van der Waals surface area (Å²) in [5.41, 5.74) is 5.36. The fraction of sp³-hybridized carbons (Fsp3) is 0.857. The number of amides is 1. The third-order valence-electron chi connectivity index (χ3n) is 3.09. The van der Waals surface area contributed by atoms with E-state index in [0.717, 1.165) is 32.1 Å². The number of aliphatic carboxylic acids is 1. The molecule has 0 fully saturated rings. The number of nitrogens with two attached hydrogens (primary N) is 1. The van der Waals surface area contributed by atoms with Crippen molar-refractivity contribution in [2.75, 3.05) is 6.54 Å². The number of carbonyl (C=O) groups is 2. The van der Waals surface area contributed by atoms with Gasteiger partial charge in [-0.05, 0) is 32.2 Å². The Morgan fingerprint density at radius 3 is 2.37 bits per heavy atom. The molecule has 0 heterocycles. The second kappa shape index (κ2) is 12.0. The Morgan fingerprint density at radius 2 is 1.79 bits per heavy atom. The maximum Gasteiger partial charge on any atom is 0.326 e. The molecule has 1 amide bonds. The average molecular weight is 272 g/mol. The van der Waals surface area contributed by atoms with Gasteiger partial charge in [0.05, 0.1) is 0 Å². The first-order valence-electron chi connectivity index (χ1n) is 7.34. The van der Waals surface area contributed by atoms with E-state index in [4.69, 9.17) is 10.8 Å². The molecule has 0 aromatic carbocycles. The summed E-state index contributed by atoms with van der Waals surface area (Å²) >= 11 is 0. The Bertz CT molecular complexity index is 257. The van der Waals surface area contributed by atoms with Crippen molar-refractivity contribution in [1.29, 1.82) is 0 Å². The first-order valence-corrected chi connectivity index (χ1v) is 7.34. The number of carbonyl (C=O) groups excluding carboxylic acids is 1. The van der Waals surface area contributed by atoms with Gasteiger partial charge in [0.2, 0.25) is 5.91 Å². The molecule has 0 radical (unpaired) electrons. The van der Waals surface area contributed by atoms with Gasteiger partial charge in [-0.15, -0.1) is 0 Å². The lowest BCUT2D eigenvalue weighted by Gasteiger charge is -2.14. The molecule has 112 valence electrons. The van der Waals surface area contributed by atoms with E-state index >= 15 is 0 Å². The lowest BCUT2D eigenvalue weighted by molar-refractivity contribution is -0.142. The minimum absolute atomic E-state index is 0.156. The van der Waals surface area contributed by atoms with Crippen LogP contribution in [0.4, 0.5) is 0 Å². The molecule has 0 aromatic heterocycles. The summed E-state index contributed by atoms with van der Waals surface area (Å²) in [7, 11) is 0. The maximum absolute atomic E-state index is 11.6. The van der Waals surface area contributed by atoms with Crippen LogP contribution in [-0.2, 0) is 9.59 Å². The van der Waals surface area contributed by atoms with Gasteiger partial charge in [-0.1, -0.05) is 32.6 Å². The molecule has 0 aliphatic rings. The largest absolute Gasteiger partial charge is 0.480 e. The van der Waals surface area contributed by atoms with Gasteiger partial charge in [-0.2, -0.15) is 0 Å². The molecule has 0 aliphatic heterocycles. The predicted octanol–water partition coefficient (Wildman–Crippen LogP) is 2.05. The molecule has 1 atom stereocenters. The van der Waals surface area contributed by atoms with Gasteiger partial charge in [0, 0.05) is 6.42 Å². The Hall–Kier alpha value is -1.10. The van der Waals surface area contributed by atoms with Crippen molar-refractivity contribution in [2.45, 2.75) is 70.8 Å². The SMILES string of the molecule is CCCCCCCC(=O)NC(CCCCN)C(=O)O. The average Bonchev–Trinajstić information content (AvgIpc) is 2.37. The molecule has 5 heteroatoms. The lowest BCUT2D eigenvalue weighted by atomic mass is 10.1. The molecule has 19 heavy (non-hydrogen) atoms. The quantitative estimate of drug-likeness (QED) is 0.474. The highest BCUT2D eigenvalue weighted by Crippen LogP contribution is 2.06. The Kier molecular flexibility index (Phi) is 11.3. The van der Waals surface area contributed by atoms with Crippen LogP contribution in [0.2, 0.25) is 0 Å². The third kappa shape index (κ3) is 10.5. The van der Waals surface area contributed by atoms with Crippen molar-refractivity contribution in [3.8, 4) is 0 Å². The molecule has 0 rings (SSSR count). The van der Waals surface area contributed by atoms with Crippen LogP contribution in [0, 0.1) is 0 Å². The molecule has 4 N–H and O–H groups in total. The van der Waals surface area contributed by atoms with Gasteiger partial charge in [0.25, 0.3) is 0 Å². The van der Waals surface area contributed by atoms with Crippen molar-refractivity contribution in [3.05, 3.63) is 0 Å². The van der Waals surface area contributed by atoms with Gasteiger partial charge < -0.3 is 16.2 Å². The highest BCUT2D eigenvalue weighted by molar-refractivity contribution is 5.83. The molecule has 0 aliphatic carbocycles. The van der Waals surface area contributed by atoms with Crippen molar-refractivity contribution >= 4 is 11.9 Å². The minimum atomic E-state index is -0.962. The second-order valence-corrected chi connectivity index (χ2v) is 4.91. The number of nitrogens with one attached hydrogen (secondary N) is 1. The minimum Gasteiger partial charge on any atom is -0.480 e. The zero-order chi connectivity index (χ0) is 14.5. The van der Waals surface area contributed by atoms with Crippen LogP contribution in [0.3, 0.4) is 0 Å². The van der Waals surface area contributed by atoms with Crippen LogP contribution in [0.1, 0.15) is 64.7 Å². The van der Waals surface area contributed by atoms with E-state index in [2.05, 4.69) is 12.2 Å². The van der Waals surface area contributed by atoms with Crippen LogP contribution in [0.5, 0.6) is 0 Å². The van der Waals surface area contributed by atoms with Crippen molar-refractivity contribution in [1.82, 2.24) is 5.32 Å². The molecule has 0 aromatic rings. The zero-order valence-corrected chi connectivity index (χ0v) is 12.0. The van der Waals surface area contributed by atoms with Gasteiger partial charge in [0.15, 0.2) is 0 Å². The Morgan fingerprint density at radius 1 is 1.11 bits per heavy atom. The summed E-state index contributed by atoms with van der Waals surface area (Å²) in [5, 5.41) is 11.6. The maximum atomic E-state index is 11.6. The fourth-order valence-electron chi connectivity index (χ4n) is 1.91. The van der Waals surface area contributed by atoms with E-state index in [1.165, 1.54) is 12.8 Å². The van der Waals surface area contributed by atoms with Crippen LogP contribution < -0.4 is 11.1 Å². The molecule has 0 bridgehead atoms. The standard InChI is InChI=1S/C14H28N2O3/c1-2-3-4-5-6-10-13(17)16-12(14(18)19)9-7-8-11-15/h12H,2-11,15H2,1H3,(H,16,17)(H,18,19). The smallest absolute Gasteiger partial charge is 0.326 e. The van der Waals surface area contributed by atoms with Gasteiger partial charge in [-0.25, -0.2) is 4.79 Å². The first kappa shape index (κ1) is 17.9. The van der Waals surface area contributed by atoms with E-state index in [1.807, 2.05) is 0 Å². The van der Waals surface area contributed by atoms with Gasteiger partial charge in [-0.3, -0.25) is 4.79 Å². The second-order valence-electron chi connectivity index (χ2n) is 4.91. The van der Waals surface area contributed by atoms with E-state index in [-0.39, 0.29) is 5.91 Å². The lowest BCUT2D eigenvalue weighted by Crippen LogP contribution is -2.40. The summed E-state index contributed by atoms with van der Waals surface area (Å²) in [6, 6.07) is -0.769. The number of carboxylic acids is 1. The van der Waals surface area contributed by atoms with Crippen LogP contribution in [0.25, 0.3) is 0 Å². The third-order valence-corrected chi connectivity index (χ3v) is 3.09. The van der Waals surface area contributed by atoms with Crippen LogP contribution in [0.15, 0.2) is 0 Å². The molecule has 1 unspecified atom stereocenters. The van der Waals surface area contributed by atoms with Crippen molar-refractivity contribution < 1.29 is 14.7 Å². The number of hydrogen-bond acceptors (Lipinski definition) is 3. The summed E-state index contributed by atoms with van der Waals surface area (Å²) < 4.78 is 0. The van der Waals surface area contributed by atoms with Crippen LogP contribution in [-0.4, -0.2) is 29.6 Å². The number of rotatable bonds is 12. The van der Waals surface area contributed by atoms with Gasteiger partial charge in [0.1, 0.15) is 6.04 Å². The van der Waals surface area contributed by atoms with E-state index in [9.17, 15) is 9.59 Å². The first-order chi connectivity index (χ1) is 9.11. The van der Waals surface area contributed by atoms with Crippen LogP contribution >= 0.6 is 0 Å². The number of carboxylic acid groups (broad SMARTS) is 1. The zero-order valence-electron chi connectivity index (χ0n) is 12.0. The van der Waals surface area contributed by atoms with E-state index in [1.54, 1.807) is 0 Å². The normalized spacial score (nSPS) is 12.1. The molecule has 0 spiro atoms. The molecule has 0 saturated carbocycles. The van der Waals surface area contributed by atoms with Gasteiger partial charge >= 0.3 is 5.97 Å². The van der Waals surface area contributed by atoms with E-state index < -0.39 is 12.0 Å². The highest BCUT2D eigenvalue weighted by atomic mass is 16.4. The number of unbranched alkanes of at least 4 members (excludes halogenated alkanes) is 5. The summed E-state index contributed by atoms with van der Waals surface area (Å²) in [6.07, 6.45) is 7.77. The molecular formula is C14H28N2O3. The fourth-order valence-corrected chi connectivity index (χ4v) is 1.91. The molecule has 0 saturated heterocycles. The Labute approximate surface area is 115 Å². The van der Waals surface area contributed by atoms with Crippen molar-refractivity contribution in [2.24, 2.45) is 5.73 Å². The number of hydrogen-bond donors (Lipinski definition) is 3. The summed E-state index contributed by atoms with van der Waals surface area (Å²) in [5.74, 6) is -1.12. The molecule has 5 nitrogen and oxygen atoms in total. The predicted molar refractivity (Wildman–Crippen MR) is 75.8 cm³/mol. The Balaban J connectivity index is 3.80. The van der Waals surface area contributed by atoms with E-state index in [0.29, 0.717) is 19.4 Å². The summed E-state index contributed by atoms with van der Waals surface area (Å²) in [4.78, 5) is 22.6. The molecular weight excluding hydrogens is 244 g/mol. The monoisotopic (exact) mass is 272 g/mol. The topological polar surface area (TPSA) is 92.4 Å². The summed E-state index contributed by atoms with van der Waals surface area (Å²) in [6.45, 7) is 2.70. The van der Waals surface area contributed by atoms with Crippen molar-refractivity contribution in [3.63, 3.8) is 0 Å². The highest BCUT2D eigenvalue weighted by Gasteiger charge is 2.18.